The lowest BCUT2D eigenvalue weighted by Gasteiger charge is -2.24. The Hall–Kier alpha value is -1.30. The van der Waals surface area contributed by atoms with Crippen molar-refractivity contribution in [2.45, 2.75) is 44.8 Å². The van der Waals surface area contributed by atoms with Gasteiger partial charge in [0.15, 0.2) is 0 Å². The van der Waals surface area contributed by atoms with Crippen LogP contribution < -0.4 is 0 Å². The molecule has 1 aromatic rings. The minimum Gasteiger partial charge on any atom is -0.327 e. The molecule has 7 heteroatoms. The summed E-state index contributed by atoms with van der Waals surface area (Å²) in [6, 6.07) is 2.51. The first-order valence-electron chi connectivity index (χ1n) is 6.72. The number of nitrogens with zero attached hydrogens (tertiary/aromatic N) is 2. The summed E-state index contributed by atoms with van der Waals surface area (Å²) in [6.45, 7) is 2.52. The molecule has 0 N–H and O–H groups in total. The molecule has 1 saturated carbocycles. The summed E-state index contributed by atoms with van der Waals surface area (Å²) in [6.07, 6.45) is -3.19. The highest BCUT2D eigenvalue weighted by Gasteiger charge is 2.41. The number of pyridine rings is 1. The predicted octanol–water partition coefficient (Wildman–Crippen LogP) is 4.03. The van der Waals surface area contributed by atoms with Crippen molar-refractivity contribution in [2.24, 2.45) is 0 Å². The number of alkyl halides is 3. The molecule has 116 valence electrons. The van der Waals surface area contributed by atoms with E-state index in [1.165, 1.54) is 12.1 Å². The predicted molar refractivity (Wildman–Crippen MR) is 73.4 cm³/mol. The first-order chi connectivity index (χ1) is 9.67. The molecule has 2 rings (SSSR count). The van der Waals surface area contributed by atoms with Crippen molar-refractivity contribution in [1.82, 2.24) is 9.88 Å². The van der Waals surface area contributed by atoms with Crippen LogP contribution in [0.5, 0.6) is 0 Å². The van der Waals surface area contributed by atoms with Gasteiger partial charge in [0, 0.05) is 17.3 Å². The molecule has 0 radical (unpaired) electrons. The van der Waals surface area contributed by atoms with Crippen LogP contribution in [0, 0.1) is 0 Å². The van der Waals surface area contributed by atoms with Crippen molar-refractivity contribution < 1.29 is 18.0 Å². The van der Waals surface area contributed by atoms with Gasteiger partial charge < -0.3 is 4.90 Å². The number of hydrogen-bond donors (Lipinski definition) is 0. The molecule has 1 aromatic heterocycles. The summed E-state index contributed by atoms with van der Waals surface area (Å²) in [5.74, 6) is -0.603. The lowest BCUT2D eigenvalue weighted by molar-refractivity contribution is -0.141. The molecule has 21 heavy (non-hydrogen) atoms. The van der Waals surface area contributed by atoms with E-state index in [9.17, 15) is 18.0 Å². The molecule has 1 aliphatic rings. The Morgan fingerprint density at radius 2 is 2.05 bits per heavy atom. The van der Waals surface area contributed by atoms with Crippen molar-refractivity contribution in [1.29, 1.82) is 0 Å². The normalized spacial score (nSPS) is 15.4. The maximum absolute atomic E-state index is 12.6. The zero-order chi connectivity index (χ0) is 15.8. The maximum Gasteiger partial charge on any atom is 0.406 e. The minimum atomic E-state index is -4.41. The zero-order valence-corrected chi connectivity index (χ0v) is 12.5. The molecule has 0 aromatic carbocycles. The van der Waals surface area contributed by atoms with E-state index in [1.807, 2.05) is 13.8 Å². The number of halogens is 4. The van der Waals surface area contributed by atoms with Crippen molar-refractivity contribution in [3.05, 3.63) is 28.5 Å². The average Bonchev–Trinajstić information content (AvgIpc) is 3.17. The van der Waals surface area contributed by atoms with E-state index in [4.69, 9.17) is 11.6 Å². The van der Waals surface area contributed by atoms with Gasteiger partial charge in [0.2, 0.25) is 0 Å². The molecule has 0 saturated heterocycles. The third kappa shape index (κ3) is 4.33. The number of carbonyl (C=O) groups is 1. The molecule has 1 fully saturated rings. The SMILES string of the molecule is CC(C)c1cc(C(=O)N(CC(F)(F)F)C2CC2)cc(Cl)n1. The molecular weight excluding hydrogens is 305 g/mol. The summed E-state index contributed by atoms with van der Waals surface area (Å²) in [7, 11) is 0. The van der Waals surface area contributed by atoms with E-state index in [0.717, 1.165) is 4.90 Å². The van der Waals surface area contributed by atoms with Crippen molar-refractivity contribution in [3.8, 4) is 0 Å². The maximum atomic E-state index is 12.6. The number of hydrogen-bond acceptors (Lipinski definition) is 2. The highest BCUT2D eigenvalue weighted by Crippen LogP contribution is 2.32. The van der Waals surface area contributed by atoms with Gasteiger partial charge in [-0.2, -0.15) is 13.2 Å². The van der Waals surface area contributed by atoms with Crippen LogP contribution in [-0.4, -0.2) is 34.6 Å². The van der Waals surface area contributed by atoms with Crippen LogP contribution in [0.1, 0.15) is 48.7 Å². The van der Waals surface area contributed by atoms with E-state index in [2.05, 4.69) is 4.98 Å². The Morgan fingerprint density at radius 3 is 2.52 bits per heavy atom. The van der Waals surface area contributed by atoms with Gasteiger partial charge >= 0.3 is 6.18 Å². The molecule has 1 amide bonds. The van der Waals surface area contributed by atoms with Gasteiger partial charge in [-0.1, -0.05) is 25.4 Å². The van der Waals surface area contributed by atoms with Crippen molar-refractivity contribution in [3.63, 3.8) is 0 Å². The summed E-state index contributed by atoms with van der Waals surface area (Å²) in [5, 5.41) is 0.118. The van der Waals surface area contributed by atoms with Gasteiger partial charge in [0.1, 0.15) is 11.7 Å². The first-order valence-corrected chi connectivity index (χ1v) is 7.10. The summed E-state index contributed by atoms with van der Waals surface area (Å²) in [5.41, 5.74) is 0.753. The van der Waals surface area contributed by atoms with E-state index in [1.54, 1.807) is 0 Å². The third-order valence-electron chi connectivity index (χ3n) is 3.25. The number of aromatic nitrogens is 1. The Bertz CT molecular complexity index is 542. The monoisotopic (exact) mass is 320 g/mol. The van der Waals surface area contributed by atoms with Gasteiger partial charge in [-0.15, -0.1) is 0 Å². The van der Waals surface area contributed by atoms with E-state index in [-0.39, 0.29) is 22.7 Å². The van der Waals surface area contributed by atoms with Crippen LogP contribution in [0.3, 0.4) is 0 Å². The molecule has 3 nitrogen and oxygen atoms in total. The molecule has 0 atom stereocenters. The highest BCUT2D eigenvalue weighted by molar-refractivity contribution is 6.29. The molecule has 0 aliphatic heterocycles. The third-order valence-corrected chi connectivity index (χ3v) is 3.44. The van der Waals surface area contributed by atoms with Crippen molar-refractivity contribution >= 4 is 17.5 Å². The van der Waals surface area contributed by atoms with Crippen LogP contribution >= 0.6 is 11.6 Å². The van der Waals surface area contributed by atoms with Gasteiger partial charge in [-0.25, -0.2) is 4.98 Å². The molecular formula is C14H16ClF3N2O. The van der Waals surface area contributed by atoms with Crippen LogP contribution in [0.25, 0.3) is 0 Å². The molecule has 1 heterocycles. The summed E-state index contributed by atoms with van der Waals surface area (Å²) >= 11 is 5.87. The largest absolute Gasteiger partial charge is 0.406 e. The molecule has 1 aliphatic carbocycles. The van der Waals surface area contributed by atoms with Crippen LogP contribution in [0.4, 0.5) is 13.2 Å². The van der Waals surface area contributed by atoms with Crippen LogP contribution in [0.2, 0.25) is 5.15 Å². The quantitative estimate of drug-likeness (QED) is 0.785. The zero-order valence-electron chi connectivity index (χ0n) is 11.7. The molecule has 0 bridgehead atoms. The van der Waals surface area contributed by atoms with Gasteiger partial charge in [0.25, 0.3) is 5.91 Å². The topological polar surface area (TPSA) is 33.2 Å². The lowest BCUT2D eigenvalue weighted by Crippen LogP contribution is -2.40. The second-order valence-corrected chi connectivity index (χ2v) is 5.92. The highest BCUT2D eigenvalue weighted by atomic mass is 35.5. The fourth-order valence-electron chi connectivity index (χ4n) is 2.05. The second kappa shape index (κ2) is 5.83. The molecule has 0 spiro atoms. The van der Waals surface area contributed by atoms with E-state index < -0.39 is 18.6 Å². The van der Waals surface area contributed by atoms with E-state index >= 15 is 0 Å². The number of carbonyl (C=O) groups excluding carboxylic acids is 1. The Balaban J connectivity index is 2.28. The molecule has 0 unspecified atom stereocenters. The fraction of sp³-hybridized carbons (Fsp3) is 0.571. The average molecular weight is 321 g/mol. The van der Waals surface area contributed by atoms with Gasteiger partial charge in [-0.3, -0.25) is 4.79 Å². The minimum absolute atomic E-state index is 0.0345. The summed E-state index contributed by atoms with van der Waals surface area (Å²) in [4.78, 5) is 17.3. The Morgan fingerprint density at radius 1 is 1.43 bits per heavy atom. The van der Waals surface area contributed by atoms with E-state index in [0.29, 0.717) is 18.5 Å². The van der Waals surface area contributed by atoms with Gasteiger partial charge in [0.05, 0.1) is 0 Å². The van der Waals surface area contributed by atoms with Crippen LogP contribution in [-0.2, 0) is 0 Å². The summed E-state index contributed by atoms with van der Waals surface area (Å²) < 4.78 is 37.9. The smallest absolute Gasteiger partial charge is 0.327 e. The first kappa shape index (κ1) is 16.1. The second-order valence-electron chi connectivity index (χ2n) is 5.54. The van der Waals surface area contributed by atoms with Crippen molar-refractivity contribution in [2.75, 3.05) is 6.54 Å². The standard InChI is InChI=1S/C14H16ClF3N2O/c1-8(2)11-5-9(6-12(15)19-11)13(21)20(10-3-4-10)7-14(16,17)18/h5-6,8,10H,3-4,7H2,1-2H3. The van der Waals surface area contributed by atoms with Gasteiger partial charge in [-0.05, 0) is 30.9 Å². The number of amides is 1. The lowest BCUT2D eigenvalue weighted by atomic mass is 10.1. The van der Waals surface area contributed by atoms with Crippen LogP contribution in [0.15, 0.2) is 12.1 Å². The Kier molecular flexibility index (Phi) is 4.46. The number of rotatable bonds is 4. The fourth-order valence-corrected chi connectivity index (χ4v) is 2.26. The Labute approximate surface area is 126 Å².